The van der Waals surface area contributed by atoms with Crippen LogP contribution in [0.15, 0.2) is 18.3 Å². The maximum absolute atomic E-state index is 12.9. The van der Waals surface area contributed by atoms with Gasteiger partial charge in [0.05, 0.1) is 24.3 Å². The van der Waals surface area contributed by atoms with E-state index in [4.69, 9.17) is 4.74 Å². The first-order valence-corrected chi connectivity index (χ1v) is 9.11. The molecule has 1 aromatic heterocycles. The summed E-state index contributed by atoms with van der Waals surface area (Å²) in [5.41, 5.74) is 0.533. The molecule has 0 bridgehead atoms. The molecule has 0 radical (unpaired) electrons. The summed E-state index contributed by atoms with van der Waals surface area (Å²) in [6.07, 6.45) is 6.15. The number of morpholine rings is 1. The Hall–Kier alpha value is -1.66. The Labute approximate surface area is 143 Å². The highest BCUT2D eigenvalue weighted by atomic mass is 16.5. The molecular weight excluding hydrogens is 304 g/mol. The molecule has 0 atom stereocenters. The maximum atomic E-state index is 12.9. The summed E-state index contributed by atoms with van der Waals surface area (Å²) in [5.74, 6) is 1.07. The van der Waals surface area contributed by atoms with E-state index in [1.54, 1.807) is 6.20 Å². The van der Waals surface area contributed by atoms with Crippen LogP contribution >= 0.6 is 0 Å². The van der Waals surface area contributed by atoms with Gasteiger partial charge in [-0.3, -0.25) is 4.79 Å². The van der Waals surface area contributed by atoms with E-state index < -0.39 is 0 Å². The molecule has 6 nitrogen and oxygen atoms in total. The monoisotopic (exact) mass is 330 g/mol. The number of ether oxygens (including phenoxy) is 1. The van der Waals surface area contributed by atoms with Gasteiger partial charge in [-0.2, -0.15) is 0 Å². The fraction of sp³-hybridized carbons (Fsp3) is 0.667. The summed E-state index contributed by atoms with van der Waals surface area (Å²) in [6, 6.07) is 3.91. The number of amides is 1. The van der Waals surface area contributed by atoms with Crippen molar-refractivity contribution < 1.29 is 9.53 Å². The third-order valence-corrected chi connectivity index (χ3v) is 5.48. The van der Waals surface area contributed by atoms with Crippen molar-refractivity contribution in [1.82, 2.24) is 15.2 Å². The molecule has 0 aliphatic carbocycles. The quantitative estimate of drug-likeness (QED) is 0.885. The predicted molar refractivity (Wildman–Crippen MR) is 92.4 cm³/mol. The van der Waals surface area contributed by atoms with Crippen molar-refractivity contribution in [3.05, 3.63) is 23.9 Å². The van der Waals surface area contributed by atoms with Crippen molar-refractivity contribution in [2.75, 3.05) is 50.8 Å². The van der Waals surface area contributed by atoms with Crippen molar-refractivity contribution in [3.63, 3.8) is 0 Å². The lowest BCUT2D eigenvalue weighted by molar-refractivity contribution is -0.114. The molecule has 0 unspecified atom stereocenters. The first kappa shape index (κ1) is 15.8. The topological polar surface area (TPSA) is 57.7 Å². The van der Waals surface area contributed by atoms with Gasteiger partial charge in [0.2, 0.25) is 0 Å². The number of carbonyl (C=O) groups excluding carboxylic acids is 1. The second kappa shape index (κ2) is 6.69. The molecule has 1 spiro atoms. The van der Waals surface area contributed by atoms with Crippen LogP contribution in [0.5, 0.6) is 0 Å². The smallest absolute Gasteiger partial charge is 0.255 e. The lowest BCUT2D eigenvalue weighted by Crippen LogP contribution is -2.57. The van der Waals surface area contributed by atoms with Gasteiger partial charge in [-0.05, 0) is 50.9 Å². The highest BCUT2D eigenvalue weighted by Gasteiger charge is 2.39. The molecule has 1 N–H and O–H groups in total. The van der Waals surface area contributed by atoms with Gasteiger partial charge in [0.25, 0.3) is 5.91 Å². The average Bonchev–Trinajstić information content (AvgIpc) is 3.17. The molecule has 130 valence electrons. The molecule has 3 saturated heterocycles. The van der Waals surface area contributed by atoms with Crippen molar-refractivity contribution >= 4 is 11.7 Å². The van der Waals surface area contributed by atoms with Crippen LogP contribution in [0, 0.1) is 0 Å². The molecule has 3 aliphatic heterocycles. The summed E-state index contributed by atoms with van der Waals surface area (Å²) in [6.45, 7) is 6.07. The number of aromatic nitrogens is 1. The Kier molecular flexibility index (Phi) is 4.41. The van der Waals surface area contributed by atoms with Gasteiger partial charge in [-0.15, -0.1) is 0 Å². The largest absolute Gasteiger partial charge is 0.371 e. The third-order valence-electron chi connectivity index (χ3n) is 5.48. The molecule has 0 saturated carbocycles. The van der Waals surface area contributed by atoms with Crippen LogP contribution in [0.3, 0.4) is 0 Å². The number of carbonyl (C=O) groups is 1. The lowest BCUT2D eigenvalue weighted by Gasteiger charge is -2.45. The van der Waals surface area contributed by atoms with E-state index in [1.807, 2.05) is 17.0 Å². The fourth-order valence-electron chi connectivity index (χ4n) is 4.03. The minimum absolute atomic E-state index is 0.0803. The fourth-order valence-corrected chi connectivity index (χ4v) is 4.03. The summed E-state index contributed by atoms with van der Waals surface area (Å²) in [7, 11) is 0. The lowest BCUT2D eigenvalue weighted by atomic mass is 9.90. The number of pyridine rings is 1. The SMILES string of the molecule is O=C(c1ccc(N2CCCC2)nc1)N1CCOC2(CCNCC2)C1. The van der Waals surface area contributed by atoms with Crippen LogP contribution in [0.25, 0.3) is 0 Å². The van der Waals surface area contributed by atoms with Gasteiger partial charge < -0.3 is 19.9 Å². The van der Waals surface area contributed by atoms with Crippen molar-refractivity contribution in [1.29, 1.82) is 0 Å². The zero-order valence-corrected chi connectivity index (χ0v) is 14.2. The van der Waals surface area contributed by atoms with E-state index in [1.165, 1.54) is 12.8 Å². The van der Waals surface area contributed by atoms with Gasteiger partial charge in [-0.25, -0.2) is 4.98 Å². The van der Waals surface area contributed by atoms with E-state index in [-0.39, 0.29) is 11.5 Å². The molecule has 4 rings (SSSR count). The maximum Gasteiger partial charge on any atom is 0.255 e. The Morgan fingerprint density at radius 1 is 1.17 bits per heavy atom. The van der Waals surface area contributed by atoms with Crippen LogP contribution in [0.4, 0.5) is 5.82 Å². The summed E-state index contributed by atoms with van der Waals surface area (Å²) < 4.78 is 6.05. The summed E-state index contributed by atoms with van der Waals surface area (Å²) in [5, 5.41) is 3.37. The Morgan fingerprint density at radius 2 is 1.96 bits per heavy atom. The first-order valence-electron chi connectivity index (χ1n) is 9.11. The molecule has 0 aromatic carbocycles. The second-order valence-corrected chi connectivity index (χ2v) is 7.11. The number of nitrogens with zero attached hydrogens (tertiary/aromatic N) is 3. The summed E-state index contributed by atoms with van der Waals surface area (Å²) >= 11 is 0. The van der Waals surface area contributed by atoms with Gasteiger partial charge in [0.15, 0.2) is 0 Å². The number of hydrogen-bond donors (Lipinski definition) is 1. The average molecular weight is 330 g/mol. The predicted octanol–water partition coefficient (Wildman–Crippen LogP) is 1.28. The molecular formula is C18H26N4O2. The highest BCUT2D eigenvalue weighted by molar-refractivity contribution is 5.94. The molecule has 3 fully saturated rings. The number of anilines is 1. The number of nitrogens with one attached hydrogen (secondary N) is 1. The Balaban J connectivity index is 1.44. The van der Waals surface area contributed by atoms with Crippen molar-refractivity contribution in [3.8, 4) is 0 Å². The van der Waals surface area contributed by atoms with E-state index in [0.717, 1.165) is 44.8 Å². The van der Waals surface area contributed by atoms with Crippen LogP contribution < -0.4 is 10.2 Å². The second-order valence-electron chi connectivity index (χ2n) is 7.11. The molecule has 1 amide bonds. The molecule has 3 aliphatic rings. The highest BCUT2D eigenvalue weighted by Crippen LogP contribution is 2.28. The van der Waals surface area contributed by atoms with Gasteiger partial charge in [0.1, 0.15) is 5.82 Å². The normalized spacial score (nSPS) is 23.7. The van der Waals surface area contributed by atoms with Gasteiger partial charge >= 0.3 is 0 Å². The van der Waals surface area contributed by atoms with Crippen molar-refractivity contribution in [2.45, 2.75) is 31.3 Å². The number of rotatable bonds is 2. The Morgan fingerprint density at radius 3 is 2.67 bits per heavy atom. The molecule has 1 aromatic rings. The van der Waals surface area contributed by atoms with E-state index in [9.17, 15) is 4.79 Å². The van der Waals surface area contributed by atoms with Crippen LogP contribution in [0.2, 0.25) is 0 Å². The Bertz CT molecular complexity index is 572. The van der Waals surface area contributed by atoms with Gasteiger partial charge in [0, 0.05) is 25.8 Å². The van der Waals surface area contributed by atoms with E-state index in [0.29, 0.717) is 25.3 Å². The summed E-state index contributed by atoms with van der Waals surface area (Å²) in [4.78, 5) is 21.6. The molecule has 24 heavy (non-hydrogen) atoms. The first-order chi connectivity index (χ1) is 11.8. The zero-order chi connectivity index (χ0) is 16.4. The third kappa shape index (κ3) is 3.13. The van der Waals surface area contributed by atoms with E-state index >= 15 is 0 Å². The van der Waals surface area contributed by atoms with Crippen molar-refractivity contribution in [2.24, 2.45) is 0 Å². The molecule has 6 heteroatoms. The van der Waals surface area contributed by atoms with E-state index in [2.05, 4.69) is 15.2 Å². The standard InChI is InChI=1S/C18H26N4O2/c23-17(15-3-4-16(20-13-15)21-9-1-2-10-21)22-11-12-24-18(14-22)5-7-19-8-6-18/h3-4,13,19H,1-2,5-12,14H2. The van der Waals surface area contributed by atoms with Crippen LogP contribution in [0.1, 0.15) is 36.0 Å². The zero-order valence-electron chi connectivity index (χ0n) is 14.2. The number of hydrogen-bond acceptors (Lipinski definition) is 5. The van der Waals surface area contributed by atoms with Gasteiger partial charge in [-0.1, -0.05) is 0 Å². The molecule has 4 heterocycles. The van der Waals surface area contributed by atoms with Crippen LogP contribution in [-0.2, 0) is 4.74 Å². The minimum atomic E-state index is -0.151. The van der Waals surface area contributed by atoms with Crippen LogP contribution in [-0.4, -0.2) is 67.3 Å². The minimum Gasteiger partial charge on any atom is -0.371 e. The number of piperidine rings is 1.